The molecule has 0 spiro atoms. The molecule has 32 heavy (non-hydrogen) atoms. The Balaban J connectivity index is 1.24. The Morgan fingerprint density at radius 2 is 1.81 bits per heavy atom. The highest BCUT2D eigenvalue weighted by atomic mass is 16.1. The van der Waals surface area contributed by atoms with Gasteiger partial charge < -0.3 is 10.2 Å². The Hall–Kier alpha value is -3.19. The van der Waals surface area contributed by atoms with Gasteiger partial charge in [0.05, 0.1) is 12.2 Å². The van der Waals surface area contributed by atoms with Crippen molar-refractivity contribution in [2.45, 2.75) is 33.4 Å². The number of rotatable bonds is 7. The van der Waals surface area contributed by atoms with Crippen LogP contribution in [0.2, 0.25) is 0 Å². The summed E-state index contributed by atoms with van der Waals surface area (Å²) in [4.78, 5) is 21.9. The van der Waals surface area contributed by atoms with Crippen molar-refractivity contribution in [1.29, 1.82) is 0 Å². The minimum Gasteiger partial charge on any atom is -0.354 e. The second-order valence-corrected chi connectivity index (χ2v) is 8.63. The average Bonchev–Trinajstić information content (AvgIpc) is 3.11. The standard InChI is InChI=1S/C25H32N6O/c1-19-16-21(3)31(28-19)18-22-7-9-23(10-8-22)25(32)27-20(2)17-29-12-14-30(15-13-29)24-6-4-5-11-26-24/h4-11,16,20H,12-15,17-18H2,1-3H3,(H,27,32). The first-order valence-electron chi connectivity index (χ1n) is 11.3. The molecular formula is C25H32N6O. The van der Waals surface area contributed by atoms with Crippen LogP contribution in [0.3, 0.4) is 0 Å². The molecule has 3 aromatic rings. The Bertz CT molecular complexity index is 1020. The molecule has 1 atom stereocenters. The van der Waals surface area contributed by atoms with Gasteiger partial charge in [-0.2, -0.15) is 5.10 Å². The van der Waals surface area contributed by atoms with Crippen molar-refractivity contribution in [3.63, 3.8) is 0 Å². The Morgan fingerprint density at radius 3 is 2.44 bits per heavy atom. The number of pyridine rings is 1. The largest absolute Gasteiger partial charge is 0.354 e. The van der Waals surface area contributed by atoms with Gasteiger partial charge in [0.1, 0.15) is 5.82 Å². The molecule has 1 saturated heterocycles. The predicted octanol–water partition coefficient (Wildman–Crippen LogP) is 2.88. The van der Waals surface area contributed by atoms with Crippen LogP contribution in [-0.2, 0) is 6.54 Å². The van der Waals surface area contributed by atoms with Gasteiger partial charge in [-0.15, -0.1) is 0 Å². The van der Waals surface area contributed by atoms with E-state index in [0.29, 0.717) is 12.1 Å². The molecule has 168 valence electrons. The van der Waals surface area contributed by atoms with Gasteiger partial charge in [-0.1, -0.05) is 18.2 Å². The summed E-state index contributed by atoms with van der Waals surface area (Å²) >= 11 is 0. The lowest BCUT2D eigenvalue weighted by atomic mass is 10.1. The molecule has 0 bridgehead atoms. The highest BCUT2D eigenvalue weighted by Crippen LogP contribution is 2.13. The van der Waals surface area contributed by atoms with E-state index in [0.717, 1.165) is 55.5 Å². The summed E-state index contributed by atoms with van der Waals surface area (Å²) in [6, 6.07) is 16.0. The van der Waals surface area contributed by atoms with Crippen molar-refractivity contribution in [2.24, 2.45) is 0 Å². The normalized spacial score (nSPS) is 15.5. The predicted molar refractivity (Wildman–Crippen MR) is 127 cm³/mol. The van der Waals surface area contributed by atoms with Crippen molar-refractivity contribution < 1.29 is 4.79 Å². The first kappa shape index (κ1) is 22.0. The van der Waals surface area contributed by atoms with Gasteiger partial charge in [-0.05, 0) is 56.7 Å². The number of carbonyl (C=O) groups is 1. The molecule has 2 aromatic heterocycles. The third-order valence-electron chi connectivity index (χ3n) is 5.91. The van der Waals surface area contributed by atoms with Gasteiger partial charge >= 0.3 is 0 Å². The molecular weight excluding hydrogens is 400 g/mol. The number of aromatic nitrogens is 3. The monoisotopic (exact) mass is 432 g/mol. The molecule has 1 aliphatic rings. The van der Waals surface area contributed by atoms with E-state index in [1.807, 2.05) is 54.2 Å². The molecule has 1 aromatic carbocycles. The van der Waals surface area contributed by atoms with Gasteiger partial charge in [0, 0.05) is 56.2 Å². The number of nitrogens with one attached hydrogen (secondary N) is 1. The lowest BCUT2D eigenvalue weighted by Gasteiger charge is -2.36. The molecule has 1 fully saturated rings. The van der Waals surface area contributed by atoms with Crippen LogP contribution in [0.15, 0.2) is 54.7 Å². The van der Waals surface area contributed by atoms with Crippen LogP contribution in [0.4, 0.5) is 5.82 Å². The van der Waals surface area contributed by atoms with Crippen LogP contribution < -0.4 is 10.2 Å². The molecule has 1 aliphatic heterocycles. The van der Waals surface area contributed by atoms with Crippen molar-refractivity contribution in [1.82, 2.24) is 25.0 Å². The molecule has 1 N–H and O–H groups in total. The molecule has 0 saturated carbocycles. The second-order valence-electron chi connectivity index (χ2n) is 8.63. The average molecular weight is 433 g/mol. The third kappa shape index (κ3) is 5.53. The maximum absolute atomic E-state index is 12.7. The molecule has 1 amide bonds. The summed E-state index contributed by atoms with van der Waals surface area (Å²) in [5.74, 6) is 1.01. The van der Waals surface area contributed by atoms with E-state index in [9.17, 15) is 4.79 Å². The summed E-state index contributed by atoms with van der Waals surface area (Å²) in [6.07, 6.45) is 1.84. The quantitative estimate of drug-likeness (QED) is 0.622. The zero-order valence-corrected chi connectivity index (χ0v) is 19.2. The van der Waals surface area contributed by atoms with E-state index in [-0.39, 0.29) is 11.9 Å². The summed E-state index contributed by atoms with van der Waals surface area (Å²) in [6.45, 7) is 11.5. The molecule has 0 aliphatic carbocycles. The maximum Gasteiger partial charge on any atom is 0.251 e. The fourth-order valence-electron chi connectivity index (χ4n) is 4.21. The van der Waals surface area contributed by atoms with Crippen LogP contribution in [0.5, 0.6) is 0 Å². The van der Waals surface area contributed by atoms with Crippen LogP contribution >= 0.6 is 0 Å². The number of amides is 1. The molecule has 4 rings (SSSR count). The second kappa shape index (κ2) is 9.96. The third-order valence-corrected chi connectivity index (χ3v) is 5.91. The minimum atomic E-state index is -0.0257. The number of hydrogen-bond acceptors (Lipinski definition) is 5. The highest BCUT2D eigenvalue weighted by molar-refractivity contribution is 5.94. The molecule has 3 heterocycles. The fraction of sp³-hybridized carbons (Fsp3) is 0.400. The summed E-state index contributed by atoms with van der Waals surface area (Å²) in [5, 5.41) is 7.65. The van der Waals surface area contributed by atoms with Gasteiger partial charge in [-0.3, -0.25) is 14.4 Å². The number of hydrogen-bond donors (Lipinski definition) is 1. The Kier molecular flexibility index (Phi) is 6.85. The topological polar surface area (TPSA) is 66.3 Å². The Labute approximate surface area is 190 Å². The molecule has 7 nitrogen and oxygen atoms in total. The van der Waals surface area contributed by atoms with Gasteiger partial charge in [-0.25, -0.2) is 4.98 Å². The van der Waals surface area contributed by atoms with Gasteiger partial charge in [0.25, 0.3) is 5.91 Å². The van der Waals surface area contributed by atoms with Crippen molar-refractivity contribution in [2.75, 3.05) is 37.6 Å². The number of nitrogens with zero attached hydrogens (tertiary/aromatic N) is 5. The SMILES string of the molecule is Cc1cc(C)n(Cc2ccc(C(=O)NC(C)CN3CCN(c4ccccn4)CC3)cc2)n1. The molecule has 7 heteroatoms. The smallest absolute Gasteiger partial charge is 0.251 e. The highest BCUT2D eigenvalue weighted by Gasteiger charge is 2.20. The van der Waals surface area contributed by atoms with Crippen LogP contribution in [0.25, 0.3) is 0 Å². The van der Waals surface area contributed by atoms with Crippen LogP contribution in [-0.4, -0.2) is 64.3 Å². The van der Waals surface area contributed by atoms with Crippen LogP contribution in [0, 0.1) is 13.8 Å². The lowest BCUT2D eigenvalue weighted by Crippen LogP contribution is -2.51. The van der Waals surface area contributed by atoms with Crippen molar-refractivity contribution >= 4 is 11.7 Å². The maximum atomic E-state index is 12.7. The van der Waals surface area contributed by atoms with E-state index in [4.69, 9.17) is 0 Å². The van der Waals surface area contributed by atoms with E-state index in [1.54, 1.807) is 0 Å². The fourth-order valence-corrected chi connectivity index (χ4v) is 4.21. The first-order chi connectivity index (χ1) is 15.5. The number of piperazine rings is 1. The molecule has 1 unspecified atom stereocenters. The number of anilines is 1. The minimum absolute atomic E-state index is 0.0257. The number of aryl methyl sites for hydroxylation is 2. The van der Waals surface area contributed by atoms with Crippen LogP contribution in [0.1, 0.15) is 34.2 Å². The number of benzene rings is 1. The van der Waals surface area contributed by atoms with Crippen molar-refractivity contribution in [3.05, 3.63) is 77.2 Å². The van der Waals surface area contributed by atoms with E-state index >= 15 is 0 Å². The van der Waals surface area contributed by atoms with Gasteiger partial charge in [0.2, 0.25) is 0 Å². The lowest BCUT2D eigenvalue weighted by molar-refractivity contribution is 0.0928. The number of carbonyl (C=O) groups excluding carboxylic acids is 1. The summed E-state index contributed by atoms with van der Waals surface area (Å²) in [5.41, 5.74) is 3.98. The summed E-state index contributed by atoms with van der Waals surface area (Å²) in [7, 11) is 0. The van der Waals surface area contributed by atoms with E-state index in [2.05, 4.69) is 51.2 Å². The summed E-state index contributed by atoms with van der Waals surface area (Å²) < 4.78 is 1.99. The molecule has 0 radical (unpaired) electrons. The van der Waals surface area contributed by atoms with Gasteiger partial charge in [0.15, 0.2) is 0 Å². The Morgan fingerprint density at radius 1 is 1.06 bits per heavy atom. The zero-order valence-electron chi connectivity index (χ0n) is 19.2. The van der Waals surface area contributed by atoms with Crippen molar-refractivity contribution in [3.8, 4) is 0 Å². The van der Waals surface area contributed by atoms with E-state index < -0.39 is 0 Å². The zero-order chi connectivity index (χ0) is 22.5. The van der Waals surface area contributed by atoms with E-state index in [1.165, 1.54) is 0 Å². The first-order valence-corrected chi connectivity index (χ1v) is 11.3.